The Balaban J connectivity index is 2.59. The van der Waals surface area contributed by atoms with E-state index in [-0.39, 0.29) is 10.8 Å². The highest BCUT2D eigenvalue weighted by molar-refractivity contribution is 7.89. The van der Waals surface area contributed by atoms with Crippen molar-refractivity contribution in [2.75, 3.05) is 26.7 Å². The summed E-state index contributed by atoms with van der Waals surface area (Å²) in [5.74, 6) is -0.231. The first-order valence-electron chi connectivity index (χ1n) is 5.94. The van der Waals surface area contributed by atoms with Gasteiger partial charge in [0.05, 0.1) is 4.90 Å². The van der Waals surface area contributed by atoms with Crippen molar-refractivity contribution in [1.29, 1.82) is 0 Å². The third-order valence-corrected chi connectivity index (χ3v) is 3.69. The van der Waals surface area contributed by atoms with Gasteiger partial charge in [0.2, 0.25) is 10.0 Å². The van der Waals surface area contributed by atoms with Crippen molar-refractivity contribution in [3.8, 4) is 0 Å². The largest absolute Gasteiger partial charge is 0.351 e. The average molecular weight is 285 g/mol. The molecule has 0 heterocycles. The number of nitrogens with two attached hydrogens (primary N) is 1. The minimum atomic E-state index is -3.72. The monoisotopic (exact) mass is 285 g/mol. The number of sulfonamides is 1. The van der Waals surface area contributed by atoms with Gasteiger partial charge in [-0.15, -0.1) is 0 Å². The van der Waals surface area contributed by atoms with Gasteiger partial charge in [0.15, 0.2) is 0 Å². The average Bonchev–Trinajstić information content (AvgIpc) is 2.37. The lowest BCUT2D eigenvalue weighted by atomic mass is 10.2. The second-order valence-electron chi connectivity index (χ2n) is 4.22. The van der Waals surface area contributed by atoms with Crippen LogP contribution in [0.2, 0.25) is 0 Å². The Morgan fingerprint density at radius 1 is 1.32 bits per heavy atom. The van der Waals surface area contributed by atoms with E-state index in [0.29, 0.717) is 12.1 Å². The van der Waals surface area contributed by atoms with Crippen LogP contribution in [0.5, 0.6) is 0 Å². The first-order chi connectivity index (χ1) is 8.84. The number of benzene rings is 1. The molecule has 1 amide bonds. The van der Waals surface area contributed by atoms with Crippen LogP contribution in [0, 0.1) is 0 Å². The first-order valence-corrected chi connectivity index (χ1v) is 7.49. The van der Waals surface area contributed by atoms with Crippen LogP contribution in [0.3, 0.4) is 0 Å². The number of amides is 1. The highest BCUT2D eigenvalue weighted by Gasteiger charge is 2.09. The Morgan fingerprint density at radius 3 is 2.37 bits per heavy atom. The molecular formula is C12H19N3O3S. The lowest BCUT2D eigenvalue weighted by Crippen LogP contribution is -2.32. The molecule has 0 aliphatic carbocycles. The predicted molar refractivity (Wildman–Crippen MR) is 73.3 cm³/mol. The lowest BCUT2D eigenvalue weighted by molar-refractivity contribution is 0.0950. The highest BCUT2D eigenvalue weighted by atomic mass is 32.2. The van der Waals surface area contributed by atoms with E-state index in [0.717, 1.165) is 13.1 Å². The fourth-order valence-corrected chi connectivity index (χ4v) is 1.93. The van der Waals surface area contributed by atoms with E-state index in [4.69, 9.17) is 5.14 Å². The zero-order chi connectivity index (χ0) is 14.5. The molecule has 1 rings (SSSR count). The maximum atomic E-state index is 11.8. The molecule has 1 aromatic carbocycles. The molecule has 0 unspecified atom stereocenters. The van der Waals surface area contributed by atoms with Crippen molar-refractivity contribution in [2.24, 2.45) is 5.14 Å². The summed E-state index contributed by atoms with van der Waals surface area (Å²) in [6.45, 7) is 4.25. The third-order valence-electron chi connectivity index (χ3n) is 2.76. The van der Waals surface area contributed by atoms with E-state index in [2.05, 4.69) is 10.2 Å². The topological polar surface area (TPSA) is 92.5 Å². The number of nitrogens with one attached hydrogen (secondary N) is 1. The van der Waals surface area contributed by atoms with Gasteiger partial charge in [-0.25, -0.2) is 13.6 Å². The zero-order valence-electron chi connectivity index (χ0n) is 11.1. The summed E-state index contributed by atoms with van der Waals surface area (Å²) < 4.78 is 22.1. The van der Waals surface area contributed by atoms with Crippen LogP contribution >= 0.6 is 0 Å². The van der Waals surface area contributed by atoms with Crippen LogP contribution in [0.25, 0.3) is 0 Å². The van der Waals surface area contributed by atoms with Crippen molar-refractivity contribution in [3.63, 3.8) is 0 Å². The maximum Gasteiger partial charge on any atom is 0.251 e. The summed E-state index contributed by atoms with van der Waals surface area (Å²) in [6, 6.07) is 5.53. The molecule has 1 aromatic rings. The number of hydrogen-bond donors (Lipinski definition) is 2. The summed E-state index contributed by atoms with van der Waals surface area (Å²) >= 11 is 0. The van der Waals surface area contributed by atoms with E-state index >= 15 is 0 Å². The van der Waals surface area contributed by atoms with Crippen LogP contribution in [0.15, 0.2) is 29.2 Å². The summed E-state index contributed by atoms with van der Waals surface area (Å²) in [5.41, 5.74) is 0.409. The standard InChI is InChI=1S/C12H19N3O3S/c1-3-15(2)9-8-14-12(16)10-4-6-11(7-5-10)19(13,17)18/h4-7H,3,8-9H2,1-2H3,(H,14,16)(H2,13,17,18). The number of primary sulfonamides is 1. The van der Waals surface area contributed by atoms with Crippen molar-refractivity contribution < 1.29 is 13.2 Å². The summed E-state index contributed by atoms with van der Waals surface area (Å²) in [7, 11) is -1.75. The first kappa shape index (κ1) is 15.6. The van der Waals surface area contributed by atoms with E-state index in [1.54, 1.807) is 0 Å². The van der Waals surface area contributed by atoms with Gasteiger partial charge >= 0.3 is 0 Å². The Labute approximate surface area is 113 Å². The summed E-state index contributed by atoms with van der Waals surface area (Å²) in [5, 5.41) is 7.74. The second kappa shape index (κ2) is 6.65. The maximum absolute atomic E-state index is 11.8. The van der Waals surface area contributed by atoms with Gasteiger partial charge in [0.25, 0.3) is 5.91 Å². The molecule has 0 saturated heterocycles. The molecule has 0 aliphatic heterocycles. The Kier molecular flexibility index (Phi) is 5.46. The minimum Gasteiger partial charge on any atom is -0.351 e. The molecule has 19 heavy (non-hydrogen) atoms. The van der Waals surface area contributed by atoms with Crippen molar-refractivity contribution >= 4 is 15.9 Å². The number of rotatable bonds is 6. The Bertz CT molecular complexity index is 526. The number of carbonyl (C=O) groups is 1. The molecule has 6 nitrogen and oxygen atoms in total. The van der Waals surface area contributed by atoms with Crippen LogP contribution in [-0.4, -0.2) is 45.9 Å². The zero-order valence-corrected chi connectivity index (χ0v) is 11.9. The van der Waals surface area contributed by atoms with Crippen molar-refractivity contribution in [3.05, 3.63) is 29.8 Å². The normalized spacial score (nSPS) is 11.6. The van der Waals surface area contributed by atoms with Crippen LogP contribution < -0.4 is 10.5 Å². The van der Waals surface area contributed by atoms with Crippen molar-refractivity contribution in [1.82, 2.24) is 10.2 Å². The molecule has 0 atom stereocenters. The molecule has 3 N–H and O–H groups in total. The van der Waals surface area contributed by atoms with Crippen molar-refractivity contribution in [2.45, 2.75) is 11.8 Å². The van der Waals surface area contributed by atoms with Gasteiger partial charge in [0.1, 0.15) is 0 Å². The molecule has 0 spiro atoms. The molecule has 0 radical (unpaired) electrons. The molecular weight excluding hydrogens is 266 g/mol. The number of nitrogens with zero attached hydrogens (tertiary/aromatic N) is 1. The molecule has 106 valence electrons. The van der Waals surface area contributed by atoms with Crippen LogP contribution in [0.1, 0.15) is 17.3 Å². The minimum absolute atomic E-state index is 0.00485. The third kappa shape index (κ3) is 4.98. The smallest absolute Gasteiger partial charge is 0.251 e. The van der Waals surface area contributed by atoms with E-state index in [1.807, 2.05) is 14.0 Å². The summed E-state index contributed by atoms with van der Waals surface area (Å²) in [6.07, 6.45) is 0. The second-order valence-corrected chi connectivity index (χ2v) is 5.78. The van der Waals surface area contributed by atoms with E-state index in [9.17, 15) is 13.2 Å². The Morgan fingerprint density at radius 2 is 1.89 bits per heavy atom. The fraction of sp³-hybridized carbons (Fsp3) is 0.417. The van der Waals surface area contributed by atoms with Crippen LogP contribution in [-0.2, 0) is 10.0 Å². The van der Waals surface area contributed by atoms with E-state index < -0.39 is 10.0 Å². The Hall–Kier alpha value is -1.44. The molecule has 0 aromatic heterocycles. The number of likely N-dealkylation sites (N-methyl/N-ethyl adjacent to an activating group) is 1. The lowest BCUT2D eigenvalue weighted by Gasteiger charge is -2.14. The SMILES string of the molecule is CCN(C)CCNC(=O)c1ccc(S(N)(=O)=O)cc1. The molecule has 0 saturated carbocycles. The number of carbonyl (C=O) groups excluding carboxylic acids is 1. The molecule has 0 aliphatic rings. The fourth-order valence-electron chi connectivity index (χ4n) is 1.42. The van der Waals surface area contributed by atoms with Gasteiger partial charge < -0.3 is 10.2 Å². The molecule has 0 bridgehead atoms. The van der Waals surface area contributed by atoms with E-state index in [1.165, 1.54) is 24.3 Å². The van der Waals surface area contributed by atoms with Gasteiger partial charge in [-0.2, -0.15) is 0 Å². The summed E-state index contributed by atoms with van der Waals surface area (Å²) in [4.78, 5) is 13.8. The quantitative estimate of drug-likeness (QED) is 0.770. The molecule has 7 heteroatoms. The van der Waals surface area contributed by atoms with Gasteiger partial charge in [-0.05, 0) is 37.9 Å². The van der Waals surface area contributed by atoms with Crippen LogP contribution in [0.4, 0.5) is 0 Å². The number of hydrogen-bond acceptors (Lipinski definition) is 4. The predicted octanol–water partition coefficient (Wildman–Crippen LogP) is 0.0155. The van der Waals surface area contributed by atoms with Gasteiger partial charge in [-0.3, -0.25) is 4.79 Å². The van der Waals surface area contributed by atoms with Gasteiger partial charge in [0, 0.05) is 18.7 Å². The molecule has 0 fully saturated rings. The highest BCUT2D eigenvalue weighted by Crippen LogP contribution is 2.08. The van der Waals surface area contributed by atoms with Gasteiger partial charge in [-0.1, -0.05) is 6.92 Å².